The predicted molar refractivity (Wildman–Crippen MR) is 62.7 cm³/mol. The fourth-order valence-corrected chi connectivity index (χ4v) is 1.49. The molecule has 0 saturated carbocycles. The van der Waals surface area contributed by atoms with E-state index in [1.807, 2.05) is 36.4 Å². The molecule has 2 nitrogen and oxygen atoms in total. The van der Waals surface area contributed by atoms with Gasteiger partial charge in [0, 0.05) is 0 Å². The molecule has 0 radical (unpaired) electrons. The molecule has 0 atom stereocenters. The van der Waals surface area contributed by atoms with Crippen molar-refractivity contribution >= 4 is 11.6 Å². The molecule has 2 aromatic carbocycles. The summed E-state index contributed by atoms with van der Waals surface area (Å²) in [6, 6.07) is 16.3. The van der Waals surface area contributed by atoms with Gasteiger partial charge in [0.2, 0.25) is 0 Å². The maximum atomic E-state index is 8.69. The highest BCUT2D eigenvalue weighted by Gasteiger charge is 2.03. The first-order valence-corrected chi connectivity index (χ1v) is 5.10. The summed E-state index contributed by atoms with van der Waals surface area (Å²) in [6.45, 7) is 0. The molecule has 2 rings (SSSR count). The van der Waals surface area contributed by atoms with E-state index in [1.165, 1.54) is 0 Å². The van der Waals surface area contributed by atoms with Gasteiger partial charge in [-0.1, -0.05) is 29.8 Å². The number of halogens is 1. The zero-order valence-electron chi connectivity index (χ0n) is 8.35. The van der Waals surface area contributed by atoms with Gasteiger partial charge < -0.3 is 4.74 Å². The van der Waals surface area contributed by atoms with Crippen molar-refractivity contribution in [2.75, 3.05) is 0 Å². The Hall–Kier alpha value is -1.98. The number of para-hydroxylation sites is 1. The Labute approximate surface area is 98.7 Å². The molecule has 0 bridgehead atoms. The summed E-state index contributed by atoms with van der Waals surface area (Å²) >= 11 is 5.98. The van der Waals surface area contributed by atoms with E-state index < -0.39 is 0 Å². The van der Waals surface area contributed by atoms with Crippen LogP contribution in [0.15, 0.2) is 48.5 Å². The average Bonchev–Trinajstić information content (AvgIpc) is 2.33. The second-order valence-electron chi connectivity index (χ2n) is 3.17. The van der Waals surface area contributed by atoms with Crippen molar-refractivity contribution < 1.29 is 4.74 Å². The number of rotatable bonds is 2. The summed E-state index contributed by atoms with van der Waals surface area (Å²) in [5, 5.41) is 9.13. The van der Waals surface area contributed by atoms with Crippen molar-refractivity contribution in [2.24, 2.45) is 0 Å². The maximum absolute atomic E-state index is 8.69. The highest BCUT2D eigenvalue weighted by molar-refractivity contribution is 6.32. The standard InChI is InChI=1S/C13H8ClNO/c14-12-8-10(9-15)6-7-13(12)16-11-4-2-1-3-5-11/h1-8H. The van der Waals surface area contributed by atoms with Crippen LogP contribution in [0.2, 0.25) is 5.02 Å². The fourth-order valence-electron chi connectivity index (χ4n) is 1.27. The maximum Gasteiger partial charge on any atom is 0.146 e. The number of nitrogens with zero attached hydrogens (tertiary/aromatic N) is 1. The summed E-state index contributed by atoms with van der Waals surface area (Å²) in [4.78, 5) is 0. The molecule has 0 unspecified atom stereocenters. The fraction of sp³-hybridized carbons (Fsp3) is 0. The van der Waals surface area contributed by atoms with Crippen LogP contribution in [0.3, 0.4) is 0 Å². The average molecular weight is 230 g/mol. The molecular formula is C13H8ClNO. The molecule has 0 N–H and O–H groups in total. The van der Waals surface area contributed by atoms with Crippen molar-refractivity contribution in [2.45, 2.75) is 0 Å². The first-order valence-electron chi connectivity index (χ1n) is 4.72. The lowest BCUT2D eigenvalue weighted by atomic mass is 10.2. The van der Waals surface area contributed by atoms with Gasteiger partial charge in [0.15, 0.2) is 0 Å². The van der Waals surface area contributed by atoms with E-state index >= 15 is 0 Å². The third kappa shape index (κ3) is 2.33. The highest BCUT2D eigenvalue weighted by atomic mass is 35.5. The van der Waals surface area contributed by atoms with Gasteiger partial charge in [0.05, 0.1) is 16.7 Å². The topological polar surface area (TPSA) is 33.0 Å². The van der Waals surface area contributed by atoms with Crippen LogP contribution >= 0.6 is 11.6 Å². The van der Waals surface area contributed by atoms with Gasteiger partial charge in [-0.25, -0.2) is 0 Å². The van der Waals surface area contributed by atoms with Crippen molar-refractivity contribution in [1.29, 1.82) is 5.26 Å². The smallest absolute Gasteiger partial charge is 0.146 e. The van der Waals surface area contributed by atoms with E-state index in [0.29, 0.717) is 22.1 Å². The number of nitriles is 1. The van der Waals surface area contributed by atoms with Gasteiger partial charge in [-0.3, -0.25) is 0 Å². The molecule has 3 heteroatoms. The molecule has 0 aliphatic rings. The monoisotopic (exact) mass is 229 g/mol. The highest BCUT2D eigenvalue weighted by Crippen LogP contribution is 2.29. The van der Waals surface area contributed by atoms with Crippen LogP contribution in [0, 0.1) is 11.3 Å². The van der Waals surface area contributed by atoms with Crippen LogP contribution in [0.1, 0.15) is 5.56 Å². The summed E-state index contributed by atoms with van der Waals surface area (Å²) in [5.74, 6) is 1.26. The second kappa shape index (κ2) is 4.69. The molecular weight excluding hydrogens is 222 g/mol. The Balaban J connectivity index is 2.27. The first-order chi connectivity index (χ1) is 7.79. The van der Waals surface area contributed by atoms with E-state index in [4.69, 9.17) is 21.6 Å². The molecule has 0 heterocycles. The minimum atomic E-state index is 0.433. The molecule has 16 heavy (non-hydrogen) atoms. The SMILES string of the molecule is N#Cc1ccc(Oc2ccccc2)c(Cl)c1. The normalized spacial score (nSPS) is 9.50. The lowest BCUT2D eigenvalue weighted by molar-refractivity contribution is 0.483. The molecule has 0 saturated heterocycles. The third-order valence-electron chi connectivity index (χ3n) is 2.03. The number of hydrogen-bond donors (Lipinski definition) is 0. The minimum absolute atomic E-state index is 0.433. The van der Waals surface area contributed by atoms with Crippen molar-refractivity contribution in [3.63, 3.8) is 0 Å². The largest absolute Gasteiger partial charge is 0.456 e. The zero-order chi connectivity index (χ0) is 11.4. The minimum Gasteiger partial charge on any atom is -0.456 e. The van der Waals surface area contributed by atoms with E-state index in [-0.39, 0.29) is 0 Å². The lowest BCUT2D eigenvalue weighted by Gasteiger charge is -2.06. The van der Waals surface area contributed by atoms with E-state index in [9.17, 15) is 0 Å². The van der Waals surface area contributed by atoms with Crippen LogP contribution in [-0.2, 0) is 0 Å². The molecule has 2 aromatic rings. The molecule has 0 aromatic heterocycles. The Morgan fingerprint density at radius 1 is 1.06 bits per heavy atom. The van der Waals surface area contributed by atoms with Gasteiger partial charge in [0.1, 0.15) is 11.5 Å². The first kappa shape index (κ1) is 10.5. The van der Waals surface area contributed by atoms with Crippen LogP contribution in [-0.4, -0.2) is 0 Å². The van der Waals surface area contributed by atoms with E-state index in [2.05, 4.69) is 0 Å². The number of ether oxygens (including phenoxy) is 1. The molecule has 0 aliphatic heterocycles. The lowest BCUT2D eigenvalue weighted by Crippen LogP contribution is -1.85. The van der Waals surface area contributed by atoms with Crippen molar-refractivity contribution in [1.82, 2.24) is 0 Å². The van der Waals surface area contributed by atoms with Gasteiger partial charge in [-0.2, -0.15) is 5.26 Å². The predicted octanol–water partition coefficient (Wildman–Crippen LogP) is 4.00. The van der Waals surface area contributed by atoms with Crippen LogP contribution in [0.5, 0.6) is 11.5 Å². The molecule has 0 aliphatic carbocycles. The number of benzene rings is 2. The Morgan fingerprint density at radius 3 is 2.44 bits per heavy atom. The molecule has 0 amide bonds. The second-order valence-corrected chi connectivity index (χ2v) is 3.58. The summed E-state index contributed by atoms with van der Waals surface area (Å²) in [5.41, 5.74) is 0.519. The van der Waals surface area contributed by atoms with Crippen molar-refractivity contribution in [3.05, 3.63) is 59.1 Å². The Kier molecular flexibility index (Phi) is 3.09. The molecule has 0 spiro atoms. The number of hydrogen-bond acceptors (Lipinski definition) is 2. The Morgan fingerprint density at radius 2 is 1.81 bits per heavy atom. The van der Waals surface area contributed by atoms with Crippen LogP contribution in [0.25, 0.3) is 0 Å². The quantitative estimate of drug-likeness (QED) is 0.780. The summed E-state index contributed by atoms with van der Waals surface area (Å²) < 4.78 is 5.57. The Bertz CT molecular complexity index is 531. The van der Waals surface area contributed by atoms with Gasteiger partial charge in [0.25, 0.3) is 0 Å². The zero-order valence-corrected chi connectivity index (χ0v) is 9.11. The molecule has 78 valence electrons. The van der Waals surface area contributed by atoms with Crippen LogP contribution in [0.4, 0.5) is 0 Å². The van der Waals surface area contributed by atoms with E-state index in [1.54, 1.807) is 18.2 Å². The van der Waals surface area contributed by atoms with Gasteiger partial charge in [-0.15, -0.1) is 0 Å². The van der Waals surface area contributed by atoms with Crippen LogP contribution < -0.4 is 4.74 Å². The summed E-state index contributed by atoms with van der Waals surface area (Å²) in [6.07, 6.45) is 0. The third-order valence-corrected chi connectivity index (χ3v) is 2.33. The summed E-state index contributed by atoms with van der Waals surface area (Å²) in [7, 11) is 0. The molecule has 0 fully saturated rings. The van der Waals surface area contributed by atoms with Gasteiger partial charge >= 0.3 is 0 Å². The van der Waals surface area contributed by atoms with Gasteiger partial charge in [-0.05, 0) is 30.3 Å². The van der Waals surface area contributed by atoms with E-state index in [0.717, 1.165) is 0 Å². The van der Waals surface area contributed by atoms with Crippen molar-refractivity contribution in [3.8, 4) is 17.6 Å².